The van der Waals surface area contributed by atoms with Crippen LogP contribution >= 0.6 is 34.7 Å². The van der Waals surface area contributed by atoms with Crippen molar-refractivity contribution in [3.8, 4) is 0 Å². The van der Waals surface area contributed by atoms with Crippen molar-refractivity contribution in [3.05, 3.63) is 21.3 Å². The highest BCUT2D eigenvalue weighted by Crippen LogP contribution is 2.26. The molecule has 0 radical (unpaired) electrons. The zero-order valence-corrected chi connectivity index (χ0v) is 12.6. The monoisotopic (exact) mass is 304 g/mol. The standard InChI is InChI=1S/C12H17ClN2OS2/c1-8(10-2-3-11(13)18-10)15-12(16)6-9-7-17-5-4-14-9/h2-3,8-9,14H,4-7H2,1H3,(H,15,16). The summed E-state index contributed by atoms with van der Waals surface area (Å²) in [4.78, 5) is 13.0. The molecule has 2 N–H and O–H groups in total. The van der Waals surface area contributed by atoms with E-state index in [0.717, 1.165) is 27.3 Å². The zero-order valence-electron chi connectivity index (χ0n) is 10.2. The molecule has 1 aromatic rings. The molecule has 0 spiro atoms. The normalized spacial score (nSPS) is 21.6. The smallest absolute Gasteiger partial charge is 0.222 e. The molecule has 1 fully saturated rings. The molecule has 2 heterocycles. The van der Waals surface area contributed by atoms with Gasteiger partial charge in [-0.2, -0.15) is 11.8 Å². The van der Waals surface area contributed by atoms with Gasteiger partial charge in [-0.3, -0.25) is 4.79 Å². The third-order valence-corrected chi connectivity index (χ3v) is 5.37. The van der Waals surface area contributed by atoms with Gasteiger partial charge in [0.1, 0.15) is 0 Å². The first-order valence-electron chi connectivity index (χ1n) is 6.01. The summed E-state index contributed by atoms with van der Waals surface area (Å²) in [6.45, 7) is 2.99. The molecule has 1 aliphatic heterocycles. The van der Waals surface area contributed by atoms with E-state index in [-0.39, 0.29) is 11.9 Å². The zero-order chi connectivity index (χ0) is 13.0. The second-order valence-electron chi connectivity index (χ2n) is 4.36. The molecule has 0 aliphatic carbocycles. The average Bonchev–Trinajstić information content (AvgIpc) is 2.77. The lowest BCUT2D eigenvalue weighted by atomic mass is 10.2. The molecule has 1 amide bonds. The van der Waals surface area contributed by atoms with Crippen molar-refractivity contribution in [2.24, 2.45) is 0 Å². The maximum Gasteiger partial charge on any atom is 0.222 e. The molecular weight excluding hydrogens is 288 g/mol. The van der Waals surface area contributed by atoms with Crippen LogP contribution in [0.2, 0.25) is 4.34 Å². The summed E-state index contributed by atoms with van der Waals surface area (Å²) in [7, 11) is 0. The number of carbonyl (C=O) groups is 1. The van der Waals surface area contributed by atoms with Gasteiger partial charge in [0, 0.05) is 35.4 Å². The lowest BCUT2D eigenvalue weighted by Gasteiger charge is -2.23. The average molecular weight is 305 g/mol. The van der Waals surface area contributed by atoms with Gasteiger partial charge in [0.2, 0.25) is 5.91 Å². The van der Waals surface area contributed by atoms with Crippen molar-refractivity contribution in [1.29, 1.82) is 0 Å². The maximum atomic E-state index is 11.9. The number of amides is 1. The number of nitrogens with one attached hydrogen (secondary N) is 2. The minimum atomic E-state index is 0.0336. The van der Waals surface area contributed by atoms with Crippen LogP contribution in [0.5, 0.6) is 0 Å². The van der Waals surface area contributed by atoms with Gasteiger partial charge in [0.15, 0.2) is 0 Å². The second kappa shape index (κ2) is 6.80. The Morgan fingerprint density at radius 3 is 3.11 bits per heavy atom. The van der Waals surface area contributed by atoms with E-state index in [2.05, 4.69) is 10.6 Å². The summed E-state index contributed by atoms with van der Waals surface area (Å²) in [6.07, 6.45) is 0.552. The first-order chi connectivity index (χ1) is 8.65. The lowest BCUT2D eigenvalue weighted by molar-refractivity contribution is -0.122. The fraction of sp³-hybridized carbons (Fsp3) is 0.583. The first kappa shape index (κ1) is 14.2. The van der Waals surface area contributed by atoms with Crippen LogP contribution in [-0.2, 0) is 4.79 Å². The molecule has 3 nitrogen and oxygen atoms in total. The van der Waals surface area contributed by atoms with Gasteiger partial charge in [-0.25, -0.2) is 0 Å². The SMILES string of the molecule is CC(NC(=O)CC1CSCCN1)c1ccc(Cl)s1. The van der Waals surface area contributed by atoms with Crippen molar-refractivity contribution in [3.63, 3.8) is 0 Å². The predicted octanol–water partition coefficient (Wildman–Crippen LogP) is 2.67. The molecule has 0 bridgehead atoms. The molecule has 2 unspecified atom stereocenters. The largest absolute Gasteiger partial charge is 0.349 e. The van der Waals surface area contributed by atoms with E-state index >= 15 is 0 Å². The number of carbonyl (C=O) groups excluding carboxylic acids is 1. The summed E-state index contributed by atoms with van der Waals surface area (Å²) in [6, 6.07) is 4.17. The van der Waals surface area contributed by atoms with Crippen LogP contribution in [0.25, 0.3) is 0 Å². The number of rotatable bonds is 4. The Balaban J connectivity index is 1.79. The van der Waals surface area contributed by atoms with E-state index in [1.807, 2.05) is 30.8 Å². The van der Waals surface area contributed by atoms with Crippen LogP contribution in [0, 0.1) is 0 Å². The number of hydrogen-bond acceptors (Lipinski definition) is 4. The van der Waals surface area contributed by atoms with Crippen LogP contribution in [0.3, 0.4) is 0 Å². The first-order valence-corrected chi connectivity index (χ1v) is 8.36. The number of thiophene rings is 1. The van der Waals surface area contributed by atoms with Crippen molar-refractivity contribution < 1.29 is 4.79 Å². The molecule has 0 aromatic carbocycles. The van der Waals surface area contributed by atoms with E-state index in [0.29, 0.717) is 12.5 Å². The Hall–Kier alpha value is -0.230. The van der Waals surface area contributed by atoms with Gasteiger partial charge in [-0.05, 0) is 19.1 Å². The minimum Gasteiger partial charge on any atom is -0.349 e. The topological polar surface area (TPSA) is 41.1 Å². The minimum absolute atomic E-state index is 0.0336. The Morgan fingerprint density at radius 1 is 1.67 bits per heavy atom. The Kier molecular flexibility index (Phi) is 5.36. The highest BCUT2D eigenvalue weighted by molar-refractivity contribution is 7.99. The quantitative estimate of drug-likeness (QED) is 0.898. The van der Waals surface area contributed by atoms with Crippen LogP contribution in [0.4, 0.5) is 0 Å². The lowest BCUT2D eigenvalue weighted by Crippen LogP contribution is -2.41. The molecular formula is C12H17ClN2OS2. The van der Waals surface area contributed by atoms with E-state index in [9.17, 15) is 4.79 Å². The summed E-state index contributed by atoms with van der Waals surface area (Å²) >= 11 is 9.31. The van der Waals surface area contributed by atoms with Crippen molar-refractivity contribution in [1.82, 2.24) is 10.6 Å². The molecule has 0 saturated carbocycles. The Labute approximate surface area is 121 Å². The molecule has 1 aliphatic rings. The summed E-state index contributed by atoms with van der Waals surface area (Å²) in [5.74, 6) is 2.27. The van der Waals surface area contributed by atoms with Gasteiger partial charge in [0.25, 0.3) is 0 Å². The van der Waals surface area contributed by atoms with Gasteiger partial charge >= 0.3 is 0 Å². The molecule has 1 aromatic heterocycles. The molecule has 2 atom stereocenters. The van der Waals surface area contributed by atoms with Crippen LogP contribution < -0.4 is 10.6 Å². The van der Waals surface area contributed by atoms with Crippen LogP contribution in [-0.4, -0.2) is 30.0 Å². The third kappa shape index (κ3) is 4.16. The predicted molar refractivity (Wildman–Crippen MR) is 79.6 cm³/mol. The summed E-state index contributed by atoms with van der Waals surface area (Å²) in [5, 5.41) is 6.39. The summed E-state index contributed by atoms with van der Waals surface area (Å²) < 4.78 is 0.761. The van der Waals surface area contributed by atoms with Crippen molar-refractivity contribution >= 4 is 40.6 Å². The van der Waals surface area contributed by atoms with E-state index in [1.54, 1.807) is 0 Å². The summed E-state index contributed by atoms with van der Waals surface area (Å²) in [5.41, 5.74) is 0. The number of thioether (sulfide) groups is 1. The second-order valence-corrected chi connectivity index (χ2v) is 7.26. The van der Waals surface area contributed by atoms with Crippen LogP contribution in [0.15, 0.2) is 12.1 Å². The maximum absolute atomic E-state index is 11.9. The van der Waals surface area contributed by atoms with Crippen molar-refractivity contribution in [2.45, 2.75) is 25.4 Å². The van der Waals surface area contributed by atoms with Gasteiger partial charge < -0.3 is 10.6 Å². The number of hydrogen-bond donors (Lipinski definition) is 2. The molecule has 1 saturated heterocycles. The van der Waals surface area contributed by atoms with Crippen LogP contribution in [0.1, 0.15) is 24.3 Å². The van der Waals surface area contributed by atoms with E-state index in [4.69, 9.17) is 11.6 Å². The van der Waals surface area contributed by atoms with Crippen molar-refractivity contribution in [2.75, 3.05) is 18.1 Å². The third-order valence-electron chi connectivity index (χ3n) is 2.83. The molecule has 100 valence electrons. The van der Waals surface area contributed by atoms with E-state index < -0.39 is 0 Å². The van der Waals surface area contributed by atoms with E-state index in [1.165, 1.54) is 11.3 Å². The molecule has 6 heteroatoms. The highest BCUT2D eigenvalue weighted by Gasteiger charge is 2.18. The molecule has 2 rings (SSSR count). The Bertz CT molecular complexity index is 405. The fourth-order valence-electron chi connectivity index (χ4n) is 1.91. The fourth-order valence-corrected chi connectivity index (χ4v) is 3.92. The molecule has 18 heavy (non-hydrogen) atoms. The highest BCUT2D eigenvalue weighted by atomic mass is 35.5. The van der Waals surface area contributed by atoms with Gasteiger partial charge in [-0.1, -0.05) is 11.6 Å². The number of halogens is 1. The van der Waals surface area contributed by atoms with Gasteiger partial charge in [-0.15, -0.1) is 11.3 Å². The Morgan fingerprint density at radius 2 is 2.50 bits per heavy atom. The van der Waals surface area contributed by atoms with Gasteiger partial charge in [0.05, 0.1) is 10.4 Å².